The lowest BCUT2D eigenvalue weighted by Gasteiger charge is -2.44. The van der Waals surface area contributed by atoms with E-state index in [1.165, 1.54) is 0 Å². The Bertz CT molecular complexity index is 1400. The van der Waals surface area contributed by atoms with Crippen LogP contribution in [0.15, 0.2) is 47.4 Å². The van der Waals surface area contributed by atoms with Gasteiger partial charge in [-0.25, -0.2) is 0 Å². The number of carbonyl (C=O) groups excluding carboxylic acids is 1. The zero-order chi connectivity index (χ0) is 25.0. The van der Waals surface area contributed by atoms with Crippen LogP contribution in [0.3, 0.4) is 0 Å². The van der Waals surface area contributed by atoms with Gasteiger partial charge >= 0.3 is 5.97 Å². The van der Waals surface area contributed by atoms with Gasteiger partial charge in [-0.05, 0) is 57.4 Å². The first kappa shape index (κ1) is 24.1. The molecule has 1 aliphatic carbocycles. The van der Waals surface area contributed by atoms with Crippen molar-refractivity contribution in [3.63, 3.8) is 0 Å². The number of esters is 1. The number of aryl methyl sites for hydroxylation is 1. The molecule has 0 amide bonds. The molecule has 0 bridgehead atoms. The number of anilines is 1. The summed E-state index contributed by atoms with van der Waals surface area (Å²) < 4.78 is 33.3. The van der Waals surface area contributed by atoms with Gasteiger partial charge in [0, 0.05) is 18.5 Å². The van der Waals surface area contributed by atoms with Crippen molar-refractivity contribution in [3.8, 4) is 0 Å². The van der Waals surface area contributed by atoms with Crippen molar-refractivity contribution in [1.29, 1.82) is 0 Å². The fourth-order valence-electron chi connectivity index (χ4n) is 5.17. The summed E-state index contributed by atoms with van der Waals surface area (Å²) >= 11 is 6.60. The third-order valence-corrected chi connectivity index (χ3v) is 8.96. The Labute approximate surface area is 209 Å². The zero-order valence-corrected chi connectivity index (χ0v) is 21.3. The summed E-state index contributed by atoms with van der Waals surface area (Å²) in [7, 11) is -3.97. The van der Waals surface area contributed by atoms with Crippen LogP contribution < -0.4 is 4.90 Å². The van der Waals surface area contributed by atoms with Crippen LogP contribution in [0.2, 0.25) is 5.02 Å². The lowest BCUT2D eigenvalue weighted by atomic mass is 9.82. The molecular formula is C25H28ClN3O5S. The summed E-state index contributed by atoms with van der Waals surface area (Å²) in [4.78, 5) is 14.3. The van der Waals surface area contributed by atoms with E-state index < -0.39 is 27.1 Å². The predicted molar refractivity (Wildman–Crippen MR) is 133 cm³/mol. The van der Waals surface area contributed by atoms with Gasteiger partial charge in [0.1, 0.15) is 0 Å². The summed E-state index contributed by atoms with van der Waals surface area (Å²) in [6.07, 6.45) is 2.26. The number of benzene rings is 2. The average Bonchev–Trinajstić information content (AvgIpc) is 3.42. The number of aromatic nitrogens is 2. The van der Waals surface area contributed by atoms with E-state index in [1.54, 1.807) is 49.4 Å². The van der Waals surface area contributed by atoms with E-state index >= 15 is 0 Å². The molecule has 1 N–H and O–H groups in total. The lowest BCUT2D eigenvalue weighted by Crippen LogP contribution is -2.53. The van der Waals surface area contributed by atoms with Crippen molar-refractivity contribution in [2.24, 2.45) is 0 Å². The van der Waals surface area contributed by atoms with Crippen LogP contribution in [0.4, 0.5) is 5.82 Å². The highest BCUT2D eigenvalue weighted by Gasteiger charge is 2.57. The van der Waals surface area contributed by atoms with E-state index in [0.717, 1.165) is 22.5 Å². The van der Waals surface area contributed by atoms with Gasteiger partial charge in [0.05, 0.1) is 39.4 Å². The Balaban J connectivity index is 1.56. The highest BCUT2D eigenvalue weighted by molar-refractivity contribution is 7.90. The Morgan fingerprint density at radius 2 is 1.89 bits per heavy atom. The lowest BCUT2D eigenvalue weighted by molar-refractivity contribution is -0.150. The first-order valence-electron chi connectivity index (χ1n) is 11.7. The van der Waals surface area contributed by atoms with Gasteiger partial charge in [-0.3, -0.25) is 4.79 Å². The summed E-state index contributed by atoms with van der Waals surface area (Å²) in [5.41, 5.74) is -0.220. The fourth-order valence-corrected chi connectivity index (χ4v) is 6.70. The third kappa shape index (κ3) is 4.19. The van der Waals surface area contributed by atoms with Crippen molar-refractivity contribution in [2.45, 2.75) is 62.0 Å². The van der Waals surface area contributed by atoms with Gasteiger partial charge in [-0.15, -0.1) is 5.10 Å². The topological polar surface area (TPSA) is 102 Å². The number of hydrogen-bond acceptors (Lipinski definition) is 7. The van der Waals surface area contributed by atoms with Crippen LogP contribution in [0, 0.1) is 6.92 Å². The molecule has 0 radical (unpaired) electrons. The number of carbonyl (C=O) groups is 1. The normalized spacial score (nSPS) is 21.4. The first-order valence-corrected chi connectivity index (χ1v) is 13.6. The third-order valence-electron chi connectivity index (χ3n) is 7.05. The van der Waals surface area contributed by atoms with Crippen molar-refractivity contribution in [1.82, 2.24) is 9.19 Å². The van der Waals surface area contributed by atoms with E-state index in [-0.39, 0.29) is 17.9 Å². The van der Waals surface area contributed by atoms with Gasteiger partial charge in [0.2, 0.25) is 0 Å². The highest BCUT2D eigenvalue weighted by Crippen LogP contribution is 2.54. The molecule has 1 unspecified atom stereocenters. The summed E-state index contributed by atoms with van der Waals surface area (Å²) in [6, 6.07) is 11.8. The number of nitrogens with zero attached hydrogens (tertiary/aromatic N) is 3. The number of piperidine rings is 1. The van der Waals surface area contributed by atoms with Gasteiger partial charge in [-0.2, -0.15) is 12.5 Å². The van der Waals surface area contributed by atoms with E-state index in [2.05, 4.69) is 10.00 Å². The molecular weight excluding hydrogens is 490 g/mol. The van der Waals surface area contributed by atoms with Crippen molar-refractivity contribution >= 4 is 44.3 Å². The maximum atomic E-state index is 13.6. The van der Waals surface area contributed by atoms with E-state index in [4.69, 9.17) is 16.3 Å². The van der Waals surface area contributed by atoms with Gasteiger partial charge in [0.25, 0.3) is 10.0 Å². The van der Waals surface area contributed by atoms with E-state index in [0.29, 0.717) is 41.1 Å². The van der Waals surface area contributed by atoms with Crippen LogP contribution in [-0.4, -0.2) is 53.0 Å². The van der Waals surface area contributed by atoms with Gasteiger partial charge in [0.15, 0.2) is 5.82 Å². The van der Waals surface area contributed by atoms with Gasteiger partial charge in [-0.1, -0.05) is 35.4 Å². The second kappa shape index (κ2) is 8.50. The van der Waals surface area contributed by atoms with Crippen molar-refractivity contribution in [2.75, 3.05) is 18.1 Å². The maximum Gasteiger partial charge on any atom is 0.308 e. The number of aliphatic hydroxyl groups is 1. The number of hydrogen-bond donors (Lipinski definition) is 1. The highest BCUT2D eigenvalue weighted by atomic mass is 35.5. The van der Waals surface area contributed by atoms with Gasteiger partial charge < -0.3 is 14.7 Å². The maximum absolute atomic E-state index is 13.6. The molecule has 2 fully saturated rings. The van der Waals surface area contributed by atoms with Crippen LogP contribution in [0.25, 0.3) is 10.9 Å². The molecule has 1 aliphatic heterocycles. The Morgan fingerprint density at radius 3 is 2.54 bits per heavy atom. The zero-order valence-electron chi connectivity index (χ0n) is 19.7. The quantitative estimate of drug-likeness (QED) is 0.492. The number of rotatable bonds is 6. The molecule has 2 aliphatic rings. The fraction of sp³-hybridized carbons (Fsp3) is 0.440. The molecule has 35 heavy (non-hydrogen) atoms. The monoisotopic (exact) mass is 517 g/mol. The summed E-state index contributed by atoms with van der Waals surface area (Å²) in [5, 5.41) is 16.8. The van der Waals surface area contributed by atoms with Crippen molar-refractivity contribution in [3.05, 3.63) is 53.1 Å². The Hall–Kier alpha value is -2.62. The molecule has 5 rings (SSSR count). The molecule has 186 valence electrons. The molecule has 1 saturated carbocycles. The minimum absolute atomic E-state index is 0.0613. The molecule has 10 heteroatoms. The molecule has 3 aromatic rings. The largest absolute Gasteiger partial charge is 0.466 e. The first-order chi connectivity index (χ1) is 16.6. The minimum Gasteiger partial charge on any atom is -0.466 e. The Kier molecular flexibility index (Phi) is 5.85. The molecule has 1 saturated heterocycles. The average molecular weight is 518 g/mol. The smallest absolute Gasteiger partial charge is 0.308 e. The van der Waals surface area contributed by atoms with E-state index in [9.17, 15) is 18.3 Å². The second-order valence-electron chi connectivity index (χ2n) is 9.63. The molecule has 2 aromatic carbocycles. The van der Waals surface area contributed by atoms with E-state index in [1.807, 2.05) is 6.92 Å². The number of fused-ring (bicyclic) bond motifs is 1. The number of halogens is 1. The standard InChI is InChI=1S/C25H28ClN3O5S/c1-3-34-21(30)15-25(31)13-14-28(24(16-25)11-12-24)23-22-19(26)5-4-6-20(22)29(27-23)35(32,33)18-9-7-17(2)8-10-18/h4-10,31H,3,11-16H2,1-2H3. The predicted octanol–water partition coefficient (Wildman–Crippen LogP) is 4.05. The summed E-state index contributed by atoms with van der Waals surface area (Å²) in [6.45, 7) is 4.32. The molecule has 1 spiro atoms. The molecule has 1 atom stereocenters. The molecule has 8 nitrogen and oxygen atoms in total. The van der Waals surface area contributed by atoms with Crippen LogP contribution in [0.1, 0.15) is 44.6 Å². The van der Waals surface area contributed by atoms with Crippen LogP contribution in [-0.2, 0) is 19.6 Å². The molecule has 2 heterocycles. The summed E-state index contributed by atoms with van der Waals surface area (Å²) in [5.74, 6) is 0.0678. The van der Waals surface area contributed by atoms with Crippen LogP contribution in [0.5, 0.6) is 0 Å². The second-order valence-corrected chi connectivity index (χ2v) is 11.8. The minimum atomic E-state index is -3.97. The van der Waals surface area contributed by atoms with Crippen LogP contribution >= 0.6 is 11.6 Å². The molecule has 1 aromatic heterocycles. The SMILES string of the molecule is CCOC(=O)CC1(O)CCN(c2nn(S(=O)(=O)c3ccc(C)cc3)c3cccc(Cl)c23)C2(CC2)C1. The number of ether oxygens (including phenoxy) is 1. The Morgan fingerprint density at radius 1 is 1.17 bits per heavy atom. The van der Waals surface area contributed by atoms with Crippen molar-refractivity contribution < 1.29 is 23.1 Å².